The van der Waals surface area contributed by atoms with Gasteiger partial charge in [-0.15, -0.1) is 0 Å². The number of amides is 1. The molecule has 2 fully saturated rings. The SMILES string of the molecule is C[C@@]1(O)CCN(S(=O)(=O)c2cccc(F)c2)[C@@H](c2ccccc2)[C@@H]1NC(=O)C1CCCC1. The maximum absolute atomic E-state index is 13.8. The van der Waals surface area contributed by atoms with Gasteiger partial charge in [0.05, 0.1) is 22.6 Å². The van der Waals surface area contributed by atoms with Crippen LogP contribution in [0.25, 0.3) is 0 Å². The van der Waals surface area contributed by atoms with Gasteiger partial charge in [0.15, 0.2) is 0 Å². The van der Waals surface area contributed by atoms with Crippen molar-refractivity contribution in [1.82, 2.24) is 9.62 Å². The van der Waals surface area contributed by atoms with Crippen molar-refractivity contribution in [3.8, 4) is 0 Å². The Morgan fingerprint density at radius 3 is 2.47 bits per heavy atom. The number of carbonyl (C=O) groups is 1. The lowest BCUT2D eigenvalue weighted by molar-refractivity contribution is -0.130. The maximum Gasteiger partial charge on any atom is 0.243 e. The molecule has 0 bridgehead atoms. The fourth-order valence-electron chi connectivity index (χ4n) is 4.87. The Kier molecular flexibility index (Phi) is 6.38. The molecular weight excluding hydrogens is 431 g/mol. The zero-order valence-corrected chi connectivity index (χ0v) is 18.9. The number of rotatable bonds is 5. The molecule has 0 radical (unpaired) electrons. The minimum atomic E-state index is -4.09. The highest BCUT2D eigenvalue weighted by molar-refractivity contribution is 7.89. The number of halogens is 1. The Morgan fingerprint density at radius 1 is 1.12 bits per heavy atom. The van der Waals surface area contributed by atoms with Gasteiger partial charge in [-0.3, -0.25) is 4.79 Å². The van der Waals surface area contributed by atoms with Crippen LogP contribution in [0.15, 0.2) is 59.5 Å². The first-order chi connectivity index (χ1) is 15.2. The van der Waals surface area contributed by atoms with Gasteiger partial charge < -0.3 is 10.4 Å². The number of piperidine rings is 1. The maximum atomic E-state index is 13.8. The Labute approximate surface area is 188 Å². The largest absolute Gasteiger partial charge is 0.388 e. The van der Waals surface area contributed by atoms with Gasteiger partial charge in [0.2, 0.25) is 15.9 Å². The highest BCUT2D eigenvalue weighted by Gasteiger charge is 2.50. The molecule has 172 valence electrons. The van der Waals surface area contributed by atoms with E-state index < -0.39 is 33.5 Å². The number of nitrogens with one attached hydrogen (secondary N) is 1. The molecule has 1 heterocycles. The predicted molar refractivity (Wildman–Crippen MR) is 119 cm³/mol. The first-order valence-electron chi connectivity index (χ1n) is 11.1. The van der Waals surface area contributed by atoms with E-state index in [0.717, 1.165) is 31.7 Å². The van der Waals surface area contributed by atoms with E-state index in [1.165, 1.54) is 22.5 Å². The van der Waals surface area contributed by atoms with E-state index in [9.17, 15) is 22.7 Å². The van der Waals surface area contributed by atoms with Crippen LogP contribution in [0.1, 0.15) is 50.6 Å². The van der Waals surface area contributed by atoms with Crippen molar-refractivity contribution in [2.75, 3.05) is 6.54 Å². The molecule has 2 aliphatic rings. The lowest BCUT2D eigenvalue weighted by atomic mass is 9.80. The molecule has 2 aromatic rings. The summed E-state index contributed by atoms with van der Waals surface area (Å²) in [5, 5.41) is 14.3. The van der Waals surface area contributed by atoms with Gasteiger partial charge in [-0.1, -0.05) is 49.2 Å². The number of hydrogen-bond donors (Lipinski definition) is 2. The molecule has 6 nitrogen and oxygen atoms in total. The molecule has 1 amide bonds. The third kappa shape index (κ3) is 4.44. The van der Waals surface area contributed by atoms with Gasteiger partial charge in [-0.05, 0) is 49.9 Å². The van der Waals surface area contributed by atoms with Gasteiger partial charge in [-0.25, -0.2) is 12.8 Å². The molecule has 3 atom stereocenters. The minimum absolute atomic E-state index is 0.0429. The number of benzene rings is 2. The summed E-state index contributed by atoms with van der Waals surface area (Å²) in [6, 6.07) is 12.2. The highest BCUT2D eigenvalue weighted by atomic mass is 32.2. The van der Waals surface area contributed by atoms with Gasteiger partial charge >= 0.3 is 0 Å². The van der Waals surface area contributed by atoms with Crippen molar-refractivity contribution in [2.24, 2.45) is 5.92 Å². The van der Waals surface area contributed by atoms with Gasteiger partial charge in [0.25, 0.3) is 0 Å². The summed E-state index contributed by atoms with van der Waals surface area (Å²) in [7, 11) is -4.09. The Balaban J connectivity index is 1.77. The highest BCUT2D eigenvalue weighted by Crippen LogP contribution is 2.40. The van der Waals surface area contributed by atoms with Crippen molar-refractivity contribution in [3.05, 3.63) is 66.0 Å². The third-order valence-electron chi connectivity index (χ3n) is 6.70. The summed E-state index contributed by atoms with van der Waals surface area (Å²) in [6.45, 7) is 1.68. The van der Waals surface area contributed by atoms with Gasteiger partial charge in [0, 0.05) is 12.5 Å². The van der Waals surface area contributed by atoms with E-state index in [-0.39, 0.29) is 29.7 Å². The minimum Gasteiger partial charge on any atom is -0.388 e. The standard InChI is InChI=1S/C24H29FN2O4S/c1-24(29)14-15-27(32(30,31)20-13-7-12-19(25)16-20)21(17-8-3-2-4-9-17)22(24)26-23(28)18-10-5-6-11-18/h2-4,7-9,12-13,16,18,21-22,29H,5-6,10-11,14-15H2,1H3,(H,26,28)/t21-,22-,24+/m0/s1. The Morgan fingerprint density at radius 2 is 1.81 bits per heavy atom. The topological polar surface area (TPSA) is 86.7 Å². The van der Waals surface area contributed by atoms with E-state index >= 15 is 0 Å². The fraction of sp³-hybridized carbons (Fsp3) is 0.458. The van der Waals surface area contributed by atoms with Crippen molar-refractivity contribution in [1.29, 1.82) is 0 Å². The van der Waals surface area contributed by atoms with Gasteiger partial charge in [-0.2, -0.15) is 4.31 Å². The van der Waals surface area contributed by atoms with Gasteiger partial charge in [0.1, 0.15) is 5.82 Å². The monoisotopic (exact) mass is 460 g/mol. The number of nitrogens with zero attached hydrogens (tertiary/aromatic N) is 1. The summed E-state index contributed by atoms with van der Waals surface area (Å²) in [6.07, 6.45) is 3.70. The molecule has 0 unspecified atom stereocenters. The van der Waals surface area contributed by atoms with Crippen LogP contribution in [0.2, 0.25) is 0 Å². The number of sulfonamides is 1. The van der Waals surface area contributed by atoms with E-state index in [1.807, 2.05) is 6.07 Å². The quantitative estimate of drug-likeness (QED) is 0.716. The third-order valence-corrected chi connectivity index (χ3v) is 8.58. The smallest absolute Gasteiger partial charge is 0.243 e. The molecule has 8 heteroatoms. The second kappa shape index (κ2) is 8.92. The van der Waals surface area contributed by atoms with Crippen LogP contribution in [0, 0.1) is 11.7 Å². The van der Waals surface area contributed by atoms with E-state index in [1.54, 1.807) is 31.2 Å². The van der Waals surface area contributed by atoms with Crippen LogP contribution in [0.3, 0.4) is 0 Å². The van der Waals surface area contributed by atoms with Crippen LogP contribution in [0.4, 0.5) is 4.39 Å². The number of aliphatic hydroxyl groups is 1. The zero-order valence-electron chi connectivity index (χ0n) is 18.1. The molecule has 0 spiro atoms. The van der Waals surface area contributed by atoms with Crippen molar-refractivity contribution >= 4 is 15.9 Å². The molecule has 32 heavy (non-hydrogen) atoms. The first kappa shape index (κ1) is 22.9. The second-order valence-corrected chi connectivity index (χ2v) is 10.9. The second-order valence-electron chi connectivity index (χ2n) is 9.00. The zero-order chi connectivity index (χ0) is 22.9. The molecule has 1 saturated heterocycles. The Bertz CT molecular complexity index is 1070. The summed E-state index contributed by atoms with van der Waals surface area (Å²) >= 11 is 0. The average Bonchev–Trinajstić information content (AvgIpc) is 3.30. The molecule has 1 aliphatic carbocycles. The Hall–Kier alpha value is -2.29. The molecule has 0 aromatic heterocycles. The number of hydrogen-bond acceptors (Lipinski definition) is 4. The van der Waals surface area contributed by atoms with E-state index in [2.05, 4.69) is 5.32 Å². The lowest BCUT2D eigenvalue weighted by Crippen LogP contribution is -2.63. The normalized spacial score (nSPS) is 27.3. The number of carbonyl (C=O) groups excluding carboxylic acids is 1. The van der Waals surface area contributed by atoms with Crippen LogP contribution >= 0.6 is 0 Å². The first-order valence-corrected chi connectivity index (χ1v) is 12.5. The van der Waals surface area contributed by atoms with Crippen LogP contribution in [0.5, 0.6) is 0 Å². The summed E-state index contributed by atoms with van der Waals surface area (Å²) in [5.41, 5.74) is -0.660. The fourth-order valence-corrected chi connectivity index (χ4v) is 6.53. The molecule has 1 aliphatic heterocycles. The summed E-state index contributed by atoms with van der Waals surface area (Å²) < 4.78 is 42.3. The van der Waals surface area contributed by atoms with Crippen molar-refractivity contribution in [3.63, 3.8) is 0 Å². The average molecular weight is 461 g/mol. The van der Waals surface area contributed by atoms with E-state index in [0.29, 0.717) is 5.56 Å². The van der Waals surface area contributed by atoms with E-state index in [4.69, 9.17) is 0 Å². The molecular formula is C24H29FN2O4S. The molecule has 2 aromatic carbocycles. The van der Waals surface area contributed by atoms with Crippen LogP contribution in [-0.2, 0) is 14.8 Å². The summed E-state index contributed by atoms with van der Waals surface area (Å²) in [5.74, 6) is -0.923. The van der Waals surface area contributed by atoms with Crippen LogP contribution in [-0.4, -0.2) is 41.9 Å². The van der Waals surface area contributed by atoms with Crippen molar-refractivity contribution in [2.45, 2.75) is 61.6 Å². The molecule has 2 N–H and O–H groups in total. The molecule has 4 rings (SSSR count). The summed E-state index contributed by atoms with van der Waals surface area (Å²) in [4.78, 5) is 12.9. The van der Waals surface area contributed by atoms with Crippen LogP contribution < -0.4 is 5.32 Å². The predicted octanol–water partition coefficient (Wildman–Crippen LogP) is 3.39. The molecule has 1 saturated carbocycles. The lowest BCUT2D eigenvalue weighted by Gasteiger charge is -2.48. The van der Waals surface area contributed by atoms with Crippen molar-refractivity contribution < 1.29 is 22.7 Å².